The molecule has 3 aromatic carbocycles. The molecule has 108 valence electrons. The molecule has 0 spiro atoms. The first-order chi connectivity index (χ1) is 10.7. The van der Waals surface area contributed by atoms with E-state index in [0.29, 0.717) is 5.56 Å². The van der Waals surface area contributed by atoms with Crippen molar-refractivity contribution in [1.29, 1.82) is 0 Å². The fraction of sp³-hybridized carbons (Fsp3) is 0.0500. The highest BCUT2D eigenvalue weighted by molar-refractivity contribution is 6.06. The van der Waals surface area contributed by atoms with Crippen LogP contribution < -0.4 is 5.32 Å². The van der Waals surface area contributed by atoms with Gasteiger partial charge in [0.15, 0.2) is 0 Å². The molecule has 0 heterocycles. The van der Waals surface area contributed by atoms with E-state index in [-0.39, 0.29) is 5.91 Å². The highest BCUT2D eigenvalue weighted by atomic mass is 16.1. The summed E-state index contributed by atoms with van der Waals surface area (Å²) in [5.41, 5.74) is 4.72. The Bertz CT molecular complexity index is 776. The van der Waals surface area contributed by atoms with E-state index in [0.717, 1.165) is 22.4 Å². The second kappa shape index (κ2) is 6.27. The van der Waals surface area contributed by atoms with Crippen LogP contribution in [0.1, 0.15) is 15.9 Å². The molecule has 3 aromatic rings. The summed E-state index contributed by atoms with van der Waals surface area (Å²) in [6.45, 7) is 2.01. The van der Waals surface area contributed by atoms with Crippen LogP contribution in [0.4, 0.5) is 5.69 Å². The first-order valence-corrected chi connectivity index (χ1v) is 7.26. The zero-order valence-corrected chi connectivity index (χ0v) is 12.4. The van der Waals surface area contributed by atoms with Gasteiger partial charge in [0.2, 0.25) is 0 Å². The fourth-order valence-corrected chi connectivity index (χ4v) is 2.36. The minimum atomic E-state index is -0.0941. The van der Waals surface area contributed by atoms with Gasteiger partial charge in [0.1, 0.15) is 0 Å². The number of para-hydroxylation sites is 1. The predicted octanol–water partition coefficient (Wildman–Crippen LogP) is 4.91. The van der Waals surface area contributed by atoms with Crippen LogP contribution in [0.15, 0.2) is 78.9 Å². The molecule has 0 aliphatic heterocycles. The highest BCUT2D eigenvalue weighted by Gasteiger charge is 2.09. The lowest BCUT2D eigenvalue weighted by atomic mass is 10.0. The lowest BCUT2D eigenvalue weighted by Gasteiger charge is -2.11. The van der Waals surface area contributed by atoms with Crippen molar-refractivity contribution in [3.63, 3.8) is 0 Å². The highest BCUT2D eigenvalue weighted by Crippen LogP contribution is 2.27. The standard InChI is InChI=1S/C20H17NO/c1-15-11-13-17(14-12-15)20(22)21-19-10-6-5-9-18(19)16-7-3-2-4-8-16/h2-14H,1H3,(H,21,22). The minimum absolute atomic E-state index is 0.0941. The molecule has 0 atom stereocenters. The van der Waals surface area contributed by atoms with E-state index in [2.05, 4.69) is 5.32 Å². The summed E-state index contributed by atoms with van der Waals surface area (Å²) in [6, 6.07) is 25.5. The van der Waals surface area contributed by atoms with Crippen molar-refractivity contribution in [1.82, 2.24) is 0 Å². The Balaban J connectivity index is 1.90. The molecule has 3 rings (SSSR count). The molecule has 0 aliphatic rings. The maximum Gasteiger partial charge on any atom is 0.255 e. The van der Waals surface area contributed by atoms with Crippen molar-refractivity contribution in [3.05, 3.63) is 90.0 Å². The Labute approximate surface area is 130 Å². The maximum absolute atomic E-state index is 12.4. The van der Waals surface area contributed by atoms with E-state index in [1.807, 2.05) is 85.8 Å². The zero-order chi connectivity index (χ0) is 15.4. The second-order valence-electron chi connectivity index (χ2n) is 5.23. The van der Waals surface area contributed by atoms with Gasteiger partial charge >= 0.3 is 0 Å². The Morgan fingerprint density at radius 3 is 2.14 bits per heavy atom. The van der Waals surface area contributed by atoms with Gasteiger partial charge in [-0.2, -0.15) is 0 Å². The Morgan fingerprint density at radius 1 is 0.773 bits per heavy atom. The van der Waals surface area contributed by atoms with Crippen LogP contribution in [0.3, 0.4) is 0 Å². The van der Waals surface area contributed by atoms with Gasteiger partial charge in [-0.1, -0.05) is 66.2 Å². The quantitative estimate of drug-likeness (QED) is 0.728. The lowest BCUT2D eigenvalue weighted by molar-refractivity contribution is 0.102. The van der Waals surface area contributed by atoms with E-state index in [1.54, 1.807) is 0 Å². The van der Waals surface area contributed by atoms with Crippen molar-refractivity contribution >= 4 is 11.6 Å². The number of amides is 1. The molecule has 0 saturated heterocycles. The van der Waals surface area contributed by atoms with Crippen LogP contribution >= 0.6 is 0 Å². The third-order valence-electron chi connectivity index (χ3n) is 3.57. The third-order valence-corrected chi connectivity index (χ3v) is 3.57. The smallest absolute Gasteiger partial charge is 0.255 e. The number of benzene rings is 3. The van der Waals surface area contributed by atoms with Gasteiger partial charge in [-0.25, -0.2) is 0 Å². The first kappa shape index (κ1) is 14.1. The largest absolute Gasteiger partial charge is 0.321 e. The van der Waals surface area contributed by atoms with Crippen LogP contribution in [0, 0.1) is 6.92 Å². The van der Waals surface area contributed by atoms with Crippen molar-refractivity contribution in [2.45, 2.75) is 6.92 Å². The Kier molecular flexibility index (Phi) is 4.01. The molecule has 0 unspecified atom stereocenters. The Morgan fingerprint density at radius 2 is 1.41 bits per heavy atom. The lowest BCUT2D eigenvalue weighted by Crippen LogP contribution is -2.12. The van der Waals surface area contributed by atoms with Gasteiger partial charge in [0.25, 0.3) is 5.91 Å². The number of carbonyl (C=O) groups excluding carboxylic acids is 1. The van der Waals surface area contributed by atoms with Crippen LogP contribution in [-0.2, 0) is 0 Å². The summed E-state index contributed by atoms with van der Waals surface area (Å²) in [5.74, 6) is -0.0941. The van der Waals surface area contributed by atoms with Gasteiger partial charge in [-0.3, -0.25) is 4.79 Å². The van der Waals surface area contributed by atoms with Crippen LogP contribution in [0.2, 0.25) is 0 Å². The molecule has 1 amide bonds. The van der Waals surface area contributed by atoms with Gasteiger partial charge < -0.3 is 5.32 Å². The normalized spacial score (nSPS) is 10.2. The number of aryl methyl sites for hydroxylation is 1. The Hall–Kier alpha value is -2.87. The van der Waals surface area contributed by atoms with Crippen molar-refractivity contribution in [3.8, 4) is 11.1 Å². The summed E-state index contributed by atoms with van der Waals surface area (Å²) in [6.07, 6.45) is 0. The predicted molar refractivity (Wildman–Crippen MR) is 91.0 cm³/mol. The van der Waals surface area contributed by atoms with E-state index in [9.17, 15) is 4.79 Å². The molecule has 0 aliphatic carbocycles. The van der Waals surface area contributed by atoms with E-state index in [1.165, 1.54) is 0 Å². The number of hydrogen-bond donors (Lipinski definition) is 1. The monoisotopic (exact) mass is 287 g/mol. The minimum Gasteiger partial charge on any atom is -0.321 e. The van der Waals surface area contributed by atoms with Crippen LogP contribution in [0.5, 0.6) is 0 Å². The average Bonchev–Trinajstić information content (AvgIpc) is 2.57. The summed E-state index contributed by atoms with van der Waals surface area (Å²) in [4.78, 5) is 12.4. The zero-order valence-electron chi connectivity index (χ0n) is 12.4. The maximum atomic E-state index is 12.4. The summed E-state index contributed by atoms with van der Waals surface area (Å²) < 4.78 is 0. The summed E-state index contributed by atoms with van der Waals surface area (Å²) in [5, 5.41) is 3.01. The van der Waals surface area contributed by atoms with Gasteiger partial charge in [0.05, 0.1) is 0 Å². The molecule has 0 fully saturated rings. The molecular weight excluding hydrogens is 270 g/mol. The summed E-state index contributed by atoms with van der Waals surface area (Å²) >= 11 is 0. The van der Waals surface area contributed by atoms with Crippen molar-refractivity contribution in [2.75, 3.05) is 5.32 Å². The first-order valence-electron chi connectivity index (χ1n) is 7.26. The number of rotatable bonds is 3. The summed E-state index contributed by atoms with van der Waals surface area (Å²) in [7, 11) is 0. The second-order valence-corrected chi connectivity index (χ2v) is 5.23. The van der Waals surface area contributed by atoms with Gasteiger partial charge in [-0.15, -0.1) is 0 Å². The van der Waals surface area contributed by atoms with Crippen molar-refractivity contribution in [2.24, 2.45) is 0 Å². The van der Waals surface area contributed by atoms with E-state index in [4.69, 9.17) is 0 Å². The van der Waals surface area contributed by atoms with E-state index >= 15 is 0 Å². The molecule has 0 radical (unpaired) electrons. The topological polar surface area (TPSA) is 29.1 Å². The molecule has 0 aromatic heterocycles. The van der Waals surface area contributed by atoms with Crippen molar-refractivity contribution < 1.29 is 4.79 Å². The molecule has 2 nitrogen and oxygen atoms in total. The molecule has 1 N–H and O–H groups in total. The number of carbonyl (C=O) groups is 1. The average molecular weight is 287 g/mol. The molecule has 22 heavy (non-hydrogen) atoms. The number of hydrogen-bond acceptors (Lipinski definition) is 1. The van der Waals surface area contributed by atoms with Gasteiger partial charge in [0, 0.05) is 16.8 Å². The number of anilines is 1. The third kappa shape index (κ3) is 3.07. The SMILES string of the molecule is Cc1ccc(C(=O)Nc2ccccc2-c2ccccc2)cc1. The molecule has 0 bridgehead atoms. The molecule has 2 heteroatoms. The van der Waals surface area contributed by atoms with E-state index < -0.39 is 0 Å². The number of nitrogens with one attached hydrogen (secondary N) is 1. The van der Waals surface area contributed by atoms with Crippen LogP contribution in [0.25, 0.3) is 11.1 Å². The molecular formula is C20H17NO. The van der Waals surface area contributed by atoms with Gasteiger partial charge in [-0.05, 0) is 30.7 Å². The van der Waals surface area contributed by atoms with Crippen LogP contribution in [-0.4, -0.2) is 5.91 Å². The molecule has 0 saturated carbocycles. The fourth-order valence-electron chi connectivity index (χ4n) is 2.36.